The Kier molecular flexibility index (Phi) is 7.02. The summed E-state index contributed by atoms with van der Waals surface area (Å²) in [6.07, 6.45) is 10.6. The number of terminal acetylenes is 1. The fourth-order valence-corrected chi connectivity index (χ4v) is 4.41. The van der Waals surface area contributed by atoms with Gasteiger partial charge in [-0.25, -0.2) is 9.97 Å². The van der Waals surface area contributed by atoms with E-state index in [1.165, 1.54) is 17.5 Å². The molecule has 6 nitrogen and oxygen atoms in total. The first-order valence-electron chi connectivity index (χ1n) is 12.0. The summed E-state index contributed by atoms with van der Waals surface area (Å²) < 4.78 is 0. The average molecular weight is 474 g/mol. The van der Waals surface area contributed by atoms with Crippen molar-refractivity contribution in [1.29, 1.82) is 0 Å². The molecule has 2 heterocycles. The predicted octanol–water partition coefficient (Wildman–Crippen LogP) is 5.52. The van der Waals surface area contributed by atoms with E-state index in [1.807, 2.05) is 48.5 Å². The van der Waals surface area contributed by atoms with Crippen molar-refractivity contribution in [3.63, 3.8) is 0 Å². The van der Waals surface area contributed by atoms with Crippen LogP contribution in [0.2, 0.25) is 0 Å². The number of hydrogen-bond donors (Lipinski definition) is 2. The number of nitrogens with one attached hydrogen (secondary N) is 2. The average Bonchev–Trinajstić information content (AvgIpc) is 2.91. The van der Waals surface area contributed by atoms with Gasteiger partial charge in [0.25, 0.3) is 0 Å². The first-order valence-corrected chi connectivity index (χ1v) is 12.0. The van der Waals surface area contributed by atoms with E-state index >= 15 is 0 Å². The van der Waals surface area contributed by atoms with E-state index in [2.05, 4.69) is 55.7 Å². The molecule has 0 radical (unpaired) electrons. The van der Waals surface area contributed by atoms with Crippen molar-refractivity contribution in [2.24, 2.45) is 0 Å². The number of benzene rings is 3. The Morgan fingerprint density at radius 2 is 1.81 bits per heavy atom. The molecule has 1 aliphatic rings. The highest BCUT2D eigenvalue weighted by molar-refractivity contribution is 6.02. The molecule has 6 heteroatoms. The second-order valence-electron chi connectivity index (χ2n) is 8.86. The van der Waals surface area contributed by atoms with Gasteiger partial charge in [-0.3, -0.25) is 9.69 Å². The van der Waals surface area contributed by atoms with Crippen LogP contribution in [-0.4, -0.2) is 33.9 Å². The fraction of sp³-hybridized carbons (Fsp3) is 0.167. The monoisotopic (exact) mass is 473 g/mol. The summed E-state index contributed by atoms with van der Waals surface area (Å²) in [6.45, 7) is 2.86. The van der Waals surface area contributed by atoms with E-state index in [-0.39, 0.29) is 5.91 Å². The summed E-state index contributed by atoms with van der Waals surface area (Å²) in [6, 6.07) is 23.7. The molecule has 2 N–H and O–H groups in total. The lowest BCUT2D eigenvalue weighted by molar-refractivity contribution is -0.112. The first-order chi connectivity index (χ1) is 17.7. The quantitative estimate of drug-likeness (QED) is 0.285. The van der Waals surface area contributed by atoms with E-state index in [9.17, 15) is 4.79 Å². The Morgan fingerprint density at radius 3 is 2.61 bits per heavy atom. The molecule has 0 spiro atoms. The van der Waals surface area contributed by atoms with Crippen LogP contribution in [0.4, 0.5) is 17.2 Å². The van der Waals surface area contributed by atoms with Crippen molar-refractivity contribution >= 4 is 34.0 Å². The third kappa shape index (κ3) is 5.77. The maximum atomic E-state index is 12.8. The van der Waals surface area contributed by atoms with Gasteiger partial charge < -0.3 is 10.6 Å². The lowest BCUT2D eigenvalue weighted by Gasteiger charge is -2.28. The van der Waals surface area contributed by atoms with Crippen molar-refractivity contribution in [3.05, 3.63) is 102 Å². The molecule has 178 valence electrons. The van der Waals surface area contributed by atoms with E-state index in [0.717, 1.165) is 54.6 Å². The van der Waals surface area contributed by atoms with Crippen LogP contribution in [0.3, 0.4) is 0 Å². The zero-order chi connectivity index (χ0) is 24.7. The van der Waals surface area contributed by atoms with Crippen LogP contribution in [-0.2, 0) is 11.3 Å². The number of amides is 1. The van der Waals surface area contributed by atoms with Gasteiger partial charge in [-0.05, 0) is 54.8 Å². The molecule has 5 rings (SSSR count). The maximum absolute atomic E-state index is 12.8. The maximum Gasteiger partial charge on any atom is 0.248 e. The topological polar surface area (TPSA) is 70.1 Å². The summed E-state index contributed by atoms with van der Waals surface area (Å²) in [5.74, 6) is 3.17. The van der Waals surface area contributed by atoms with Gasteiger partial charge in [0.2, 0.25) is 5.91 Å². The summed E-state index contributed by atoms with van der Waals surface area (Å²) in [7, 11) is 0. The SMILES string of the molecule is C#Cc1cccc(Nc2ncnc3ccc(NC(=O)C=C4CCN(Cc5ccccc5)CC4)cc23)c1. The van der Waals surface area contributed by atoms with Crippen LogP contribution in [0.25, 0.3) is 10.9 Å². The highest BCUT2D eigenvalue weighted by Gasteiger charge is 2.15. The molecule has 1 saturated heterocycles. The number of rotatable bonds is 6. The summed E-state index contributed by atoms with van der Waals surface area (Å²) >= 11 is 0. The molecule has 0 saturated carbocycles. The lowest BCUT2D eigenvalue weighted by atomic mass is 10.0. The summed E-state index contributed by atoms with van der Waals surface area (Å²) in [4.78, 5) is 24.0. The Labute approximate surface area is 211 Å². The third-order valence-electron chi connectivity index (χ3n) is 6.28. The Morgan fingerprint density at radius 1 is 0.972 bits per heavy atom. The van der Waals surface area contributed by atoms with Gasteiger partial charge in [-0.2, -0.15) is 0 Å². The van der Waals surface area contributed by atoms with Gasteiger partial charge in [-0.15, -0.1) is 6.42 Å². The van der Waals surface area contributed by atoms with E-state index in [0.29, 0.717) is 11.5 Å². The number of aromatic nitrogens is 2. The highest BCUT2D eigenvalue weighted by atomic mass is 16.1. The molecule has 1 fully saturated rings. The third-order valence-corrected chi connectivity index (χ3v) is 6.28. The van der Waals surface area contributed by atoms with Crippen molar-refractivity contribution < 1.29 is 4.79 Å². The number of likely N-dealkylation sites (tertiary alicyclic amines) is 1. The molecule has 1 aliphatic heterocycles. The van der Waals surface area contributed by atoms with E-state index in [1.54, 1.807) is 6.08 Å². The standard InChI is InChI=1S/C30H27N5O/c1-2-22-9-6-10-25(17-22)34-30-27-19-26(11-12-28(27)31-21-32-30)33-29(36)18-23-13-15-35(16-14-23)20-24-7-4-3-5-8-24/h1,3-12,17-19,21H,13-16,20H2,(H,33,36)(H,31,32,34). The Balaban J connectivity index is 1.24. The number of carbonyl (C=O) groups is 1. The molecule has 4 aromatic rings. The molecular weight excluding hydrogens is 446 g/mol. The smallest absolute Gasteiger partial charge is 0.248 e. The zero-order valence-corrected chi connectivity index (χ0v) is 19.9. The minimum atomic E-state index is -0.117. The number of carbonyl (C=O) groups excluding carboxylic acids is 1. The second-order valence-corrected chi connectivity index (χ2v) is 8.86. The molecule has 1 amide bonds. The van der Waals surface area contributed by atoms with Crippen molar-refractivity contribution in [1.82, 2.24) is 14.9 Å². The molecular formula is C30H27N5O. The predicted molar refractivity (Wildman–Crippen MR) is 145 cm³/mol. The Bertz CT molecular complexity index is 1450. The molecule has 0 unspecified atom stereocenters. The molecule has 0 atom stereocenters. The highest BCUT2D eigenvalue weighted by Crippen LogP contribution is 2.26. The van der Waals surface area contributed by atoms with Gasteiger partial charge in [0.15, 0.2) is 0 Å². The molecule has 1 aromatic heterocycles. The summed E-state index contributed by atoms with van der Waals surface area (Å²) in [5, 5.41) is 7.12. The fourth-order valence-electron chi connectivity index (χ4n) is 4.41. The minimum Gasteiger partial charge on any atom is -0.340 e. The zero-order valence-electron chi connectivity index (χ0n) is 19.9. The van der Waals surface area contributed by atoms with E-state index < -0.39 is 0 Å². The van der Waals surface area contributed by atoms with Crippen LogP contribution in [0.1, 0.15) is 24.0 Å². The number of fused-ring (bicyclic) bond motifs is 1. The van der Waals surface area contributed by atoms with Crippen molar-refractivity contribution in [3.8, 4) is 12.3 Å². The molecule has 36 heavy (non-hydrogen) atoms. The van der Waals surface area contributed by atoms with Gasteiger partial charge in [0.05, 0.1) is 5.52 Å². The van der Waals surface area contributed by atoms with Crippen LogP contribution in [0.5, 0.6) is 0 Å². The number of hydrogen-bond acceptors (Lipinski definition) is 5. The van der Waals surface area contributed by atoms with Crippen molar-refractivity contribution in [2.75, 3.05) is 23.7 Å². The molecule has 0 aliphatic carbocycles. The lowest BCUT2D eigenvalue weighted by Crippen LogP contribution is -2.30. The van der Waals surface area contributed by atoms with Crippen LogP contribution in [0.15, 0.2) is 90.8 Å². The molecule has 0 bridgehead atoms. The first kappa shape index (κ1) is 23.3. The molecule has 3 aromatic carbocycles. The van der Waals surface area contributed by atoms with Crippen LogP contribution in [0, 0.1) is 12.3 Å². The largest absolute Gasteiger partial charge is 0.340 e. The number of nitrogens with zero attached hydrogens (tertiary/aromatic N) is 3. The number of piperidine rings is 1. The van der Waals surface area contributed by atoms with Gasteiger partial charge in [0.1, 0.15) is 12.1 Å². The van der Waals surface area contributed by atoms with Gasteiger partial charge >= 0.3 is 0 Å². The van der Waals surface area contributed by atoms with Gasteiger partial charge in [0, 0.05) is 48.0 Å². The summed E-state index contributed by atoms with van der Waals surface area (Å²) in [5.41, 5.74) is 5.59. The van der Waals surface area contributed by atoms with Crippen LogP contribution < -0.4 is 10.6 Å². The Hall–Kier alpha value is -4.47. The van der Waals surface area contributed by atoms with Crippen molar-refractivity contribution in [2.45, 2.75) is 19.4 Å². The second kappa shape index (κ2) is 10.9. The van der Waals surface area contributed by atoms with Gasteiger partial charge in [-0.1, -0.05) is 47.9 Å². The minimum absolute atomic E-state index is 0.117. The van der Waals surface area contributed by atoms with Crippen LogP contribution >= 0.6 is 0 Å². The number of anilines is 3. The normalized spacial score (nSPS) is 13.7. The van der Waals surface area contributed by atoms with E-state index in [4.69, 9.17) is 6.42 Å².